The highest BCUT2D eigenvalue weighted by Gasteiger charge is 2.12. The fourth-order valence-electron chi connectivity index (χ4n) is 1.50. The summed E-state index contributed by atoms with van der Waals surface area (Å²) in [7, 11) is 0. The number of carboxylic acid groups (broad SMARTS) is 1. The minimum absolute atomic E-state index is 0.0220. The lowest BCUT2D eigenvalue weighted by molar-refractivity contribution is -0.384. The van der Waals surface area contributed by atoms with Crippen molar-refractivity contribution < 1.29 is 19.6 Å². The van der Waals surface area contributed by atoms with Crippen LogP contribution in [0.3, 0.4) is 0 Å². The highest BCUT2D eigenvalue weighted by molar-refractivity contribution is 7.99. The summed E-state index contributed by atoms with van der Waals surface area (Å²) < 4.78 is 0. The van der Waals surface area contributed by atoms with Gasteiger partial charge >= 0.3 is 5.97 Å². The standard InChI is InChI=1S/C12H14N2O5S/c1-8-4-9(6-10(5-8)14(18)19)12(17)13-2-3-20-7-11(15)16/h4-6H,2-3,7H2,1H3,(H,13,17)(H,15,16). The quantitative estimate of drug-likeness (QED) is 0.448. The Hall–Kier alpha value is -2.09. The van der Waals surface area contributed by atoms with E-state index in [9.17, 15) is 19.7 Å². The molecule has 1 rings (SSSR count). The van der Waals surface area contributed by atoms with Gasteiger partial charge in [-0.25, -0.2) is 0 Å². The number of nitro benzene ring substituents is 1. The van der Waals surface area contributed by atoms with Crippen LogP contribution in [0.2, 0.25) is 0 Å². The number of carbonyl (C=O) groups is 2. The Morgan fingerprint density at radius 2 is 2.10 bits per heavy atom. The minimum Gasteiger partial charge on any atom is -0.481 e. The molecule has 1 aromatic carbocycles. The monoisotopic (exact) mass is 298 g/mol. The molecule has 108 valence electrons. The fraction of sp³-hybridized carbons (Fsp3) is 0.333. The van der Waals surface area contributed by atoms with Crippen LogP contribution in [0.5, 0.6) is 0 Å². The van der Waals surface area contributed by atoms with Gasteiger partial charge in [0.2, 0.25) is 0 Å². The largest absolute Gasteiger partial charge is 0.481 e. The number of hydrogen-bond donors (Lipinski definition) is 2. The predicted molar refractivity (Wildman–Crippen MR) is 75.1 cm³/mol. The first kappa shape index (κ1) is 16.0. The maximum absolute atomic E-state index is 11.8. The molecule has 0 atom stereocenters. The van der Waals surface area contributed by atoms with Crippen molar-refractivity contribution in [1.29, 1.82) is 0 Å². The van der Waals surface area contributed by atoms with Gasteiger partial charge in [0.15, 0.2) is 0 Å². The van der Waals surface area contributed by atoms with Gasteiger partial charge in [-0.15, -0.1) is 11.8 Å². The average Bonchev–Trinajstić information content (AvgIpc) is 2.36. The first-order valence-corrected chi connectivity index (χ1v) is 6.89. The normalized spacial score (nSPS) is 10.1. The summed E-state index contributed by atoms with van der Waals surface area (Å²) in [6.07, 6.45) is 0. The van der Waals surface area contributed by atoms with Crippen LogP contribution in [-0.2, 0) is 4.79 Å². The van der Waals surface area contributed by atoms with Crippen molar-refractivity contribution in [3.63, 3.8) is 0 Å². The van der Waals surface area contributed by atoms with E-state index >= 15 is 0 Å². The Bertz CT molecular complexity index is 533. The van der Waals surface area contributed by atoms with Crippen LogP contribution in [-0.4, -0.2) is 40.0 Å². The van der Waals surface area contributed by atoms with Gasteiger partial charge in [0.25, 0.3) is 11.6 Å². The summed E-state index contributed by atoms with van der Waals surface area (Å²) in [5, 5.41) is 21.7. The molecule has 20 heavy (non-hydrogen) atoms. The molecule has 0 fully saturated rings. The zero-order chi connectivity index (χ0) is 15.1. The molecule has 0 heterocycles. The van der Waals surface area contributed by atoms with E-state index in [-0.39, 0.29) is 17.0 Å². The van der Waals surface area contributed by atoms with Crippen molar-refractivity contribution >= 4 is 29.3 Å². The third-order valence-electron chi connectivity index (χ3n) is 2.29. The lowest BCUT2D eigenvalue weighted by Crippen LogP contribution is -2.26. The number of aliphatic carboxylic acids is 1. The van der Waals surface area contributed by atoms with Crippen molar-refractivity contribution in [3.8, 4) is 0 Å². The Balaban J connectivity index is 2.55. The molecule has 0 aliphatic rings. The second-order valence-corrected chi connectivity index (χ2v) is 5.12. The molecule has 0 saturated carbocycles. The lowest BCUT2D eigenvalue weighted by atomic mass is 10.1. The van der Waals surface area contributed by atoms with E-state index in [2.05, 4.69) is 5.32 Å². The number of non-ortho nitro benzene ring substituents is 1. The van der Waals surface area contributed by atoms with Crippen molar-refractivity contribution in [3.05, 3.63) is 39.4 Å². The van der Waals surface area contributed by atoms with E-state index in [0.29, 0.717) is 17.9 Å². The molecule has 1 amide bonds. The Labute approximate surface area is 119 Å². The summed E-state index contributed by atoms with van der Waals surface area (Å²) in [6, 6.07) is 4.17. The van der Waals surface area contributed by atoms with Crippen LogP contribution < -0.4 is 5.32 Å². The molecular weight excluding hydrogens is 284 g/mol. The highest BCUT2D eigenvalue weighted by Crippen LogP contribution is 2.16. The predicted octanol–water partition coefficient (Wildman–Crippen LogP) is 1.45. The van der Waals surface area contributed by atoms with E-state index in [1.165, 1.54) is 23.9 Å². The van der Waals surface area contributed by atoms with E-state index in [1.54, 1.807) is 13.0 Å². The van der Waals surface area contributed by atoms with Crippen LogP contribution in [0.15, 0.2) is 18.2 Å². The number of aryl methyl sites for hydroxylation is 1. The molecule has 2 N–H and O–H groups in total. The summed E-state index contributed by atoms with van der Waals surface area (Å²) in [5.74, 6) is -0.874. The van der Waals surface area contributed by atoms with Gasteiger partial charge in [-0.3, -0.25) is 19.7 Å². The van der Waals surface area contributed by atoms with Crippen molar-refractivity contribution in [1.82, 2.24) is 5.32 Å². The number of thioether (sulfide) groups is 1. The summed E-state index contributed by atoms with van der Waals surface area (Å²) >= 11 is 1.19. The minimum atomic E-state index is -0.907. The summed E-state index contributed by atoms with van der Waals surface area (Å²) in [4.78, 5) is 32.3. The molecule has 0 spiro atoms. The number of amides is 1. The third kappa shape index (κ3) is 5.27. The number of nitrogens with one attached hydrogen (secondary N) is 1. The Kier molecular flexibility index (Phi) is 5.98. The smallest absolute Gasteiger partial charge is 0.313 e. The molecule has 0 saturated heterocycles. The van der Waals surface area contributed by atoms with E-state index in [4.69, 9.17) is 5.11 Å². The third-order valence-corrected chi connectivity index (χ3v) is 3.24. The van der Waals surface area contributed by atoms with Crippen LogP contribution in [0.4, 0.5) is 5.69 Å². The number of carboxylic acids is 1. The first-order chi connectivity index (χ1) is 9.40. The van der Waals surface area contributed by atoms with E-state index in [1.807, 2.05) is 0 Å². The summed E-state index contributed by atoms with van der Waals surface area (Å²) in [6.45, 7) is 1.98. The molecular formula is C12H14N2O5S. The number of hydrogen-bond acceptors (Lipinski definition) is 5. The maximum atomic E-state index is 11.8. The molecule has 1 aromatic rings. The zero-order valence-electron chi connectivity index (χ0n) is 10.8. The molecule has 7 nitrogen and oxygen atoms in total. The van der Waals surface area contributed by atoms with Crippen LogP contribution >= 0.6 is 11.8 Å². The van der Waals surface area contributed by atoms with Gasteiger partial charge < -0.3 is 10.4 Å². The van der Waals surface area contributed by atoms with Crippen molar-refractivity contribution in [2.75, 3.05) is 18.1 Å². The second-order valence-electron chi connectivity index (χ2n) is 4.02. The highest BCUT2D eigenvalue weighted by atomic mass is 32.2. The SMILES string of the molecule is Cc1cc(C(=O)NCCSCC(=O)O)cc([N+](=O)[O-])c1. The average molecular weight is 298 g/mol. The Morgan fingerprint density at radius 3 is 2.70 bits per heavy atom. The van der Waals surface area contributed by atoms with E-state index in [0.717, 1.165) is 0 Å². The van der Waals surface area contributed by atoms with Gasteiger partial charge in [0.1, 0.15) is 0 Å². The van der Waals surface area contributed by atoms with Gasteiger partial charge in [-0.2, -0.15) is 0 Å². The summed E-state index contributed by atoms with van der Waals surface area (Å²) in [5.41, 5.74) is 0.722. The maximum Gasteiger partial charge on any atom is 0.313 e. The van der Waals surface area contributed by atoms with Crippen LogP contribution in [0, 0.1) is 17.0 Å². The van der Waals surface area contributed by atoms with Crippen LogP contribution in [0.1, 0.15) is 15.9 Å². The van der Waals surface area contributed by atoms with Gasteiger partial charge in [0, 0.05) is 30.0 Å². The van der Waals surface area contributed by atoms with Crippen LogP contribution in [0.25, 0.3) is 0 Å². The number of carbonyl (C=O) groups excluding carboxylic acids is 1. The molecule has 0 unspecified atom stereocenters. The molecule has 0 aliphatic heterocycles. The zero-order valence-corrected chi connectivity index (χ0v) is 11.6. The number of benzene rings is 1. The van der Waals surface area contributed by atoms with E-state index < -0.39 is 16.8 Å². The molecule has 0 aliphatic carbocycles. The number of nitrogens with zero attached hydrogens (tertiary/aromatic N) is 1. The van der Waals surface area contributed by atoms with Crippen molar-refractivity contribution in [2.45, 2.75) is 6.92 Å². The lowest BCUT2D eigenvalue weighted by Gasteiger charge is -2.05. The molecule has 0 aromatic heterocycles. The second kappa shape index (κ2) is 7.49. The van der Waals surface area contributed by atoms with Gasteiger partial charge in [0.05, 0.1) is 10.7 Å². The first-order valence-electron chi connectivity index (χ1n) is 5.74. The van der Waals surface area contributed by atoms with Gasteiger partial charge in [-0.1, -0.05) is 0 Å². The molecule has 0 radical (unpaired) electrons. The Morgan fingerprint density at radius 1 is 1.40 bits per heavy atom. The number of nitro groups is 1. The van der Waals surface area contributed by atoms with Gasteiger partial charge in [-0.05, 0) is 18.6 Å². The van der Waals surface area contributed by atoms with Crippen molar-refractivity contribution in [2.24, 2.45) is 0 Å². The molecule has 8 heteroatoms. The molecule has 0 bridgehead atoms. The fourth-order valence-corrected chi connectivity index (χ4v) is 2.06. The topological polar surface area (TPSA) is 110 Å². The number of rotatable bonds is 7.